The molecule has 0 aliphatic rings. The zero-order valence-corrected chi connectivity index (χ0v) is 15.6. The van der Waals surface area contributed by atoms with E-state index in [-0.39, 0.29) is 5.91 Å². The molecule has 0 saturated heterocycles. The topological polar surface area (TPSA) is 50.2 Å². The minimum Gasteiger partial charge on any atom is -0.348 e. The van der Waals surface area contributed by atoms with Gasteiger partial charge in [0.1, 0.15) is 0 Å². The number of nitrogens with one attached hydrogen (secondary N) is 1. The first-order valence-corrected chi connectivity index (χ1v) is 8.70. The van der Waals surface area contributed by atoms with Crippen LogP contribution in [0.4, 0.5) is 0 Å². The van der Waals surface area contributed by atoms with E-state index in [0.29, 0.717) is 17.1 Å². The number of imidazole rings is 1. The molecule has 1 N–H and O–H groups in total. The number of aromatic nitrogens is 2. The smallest absolute Gasteiger partial charge is 0.253 e. The Hall–Kier alpha value is -2.63. The van der Waals surface area contributed by atoms with Crippen LogP contribution in [0.3, 0.4) is 0 Å². The number of carbonyl (C=O) groups excluding carboxylic acids is 1. The lowest BCUT2D eigenvalue weighted by Crippen LogP contribution is -2.24. The Morgan fingerprint density at radius 2 is 1.88 bits per heavy atom. The molecule has 0 spiro atoms. The van der Waals surface area contributed by atoms with Crippen molar-refractivity contribution in [2.75, 3.05) is 14.1 Å². The highest BCUT2D eigenvalue weighted by Gasteiger charge is 2.13. The largest absolute Gasteiger partial charge is 0.348 e. The molecule has 26 heavy (non-hydrogen) atoms. The Labute approximate surface area is 158 Å². The van der Waals surface area contributed by atoms with E-state index in [0.717, 1.165) is 23.5 Å². The second kappa shape index (κ2) is 8.17. The van der Waals surface area contributed by atoms with Crippen LogP contribution in [0.2, 0.25) is 5.02 Å². The first kappa shape index (κ1) is 18.2. The van der Waals surface area contributed by atoms with Gasteiger partial charge in [-0.05, 0) is 43.9 Å². The van der Waals surface area contributed by atoms with E-state index in [1.807, 2.05) is 73.4 Å². The molecule has 0 aliphatic heterocycles. The van der Waals surface area contributed by atoms with Crippen molar-refractivity contribution in [3.8, 4) is 5.69 Å². The lowest BCUT2D eigenvalue weighted by Gasteiger charge is -2.11. The molecule has 1 amide bonds. The normalized spacial score (nSPS) is 10.9. The minimum absolute atomic E-state index is 0.126. The SMILES string of the molecule is CN(C)Cc1cn(-c2ccccc2C(=O)NCc2ccc(Cl)cc2)cn1. The third-order valence-corrected chi connectivity index (χ3v) is 4.16. The van der Waals surface area contributed by atoms with E-state index < -0.39 is 0 Å². The standard InChI is InChI=1S/C20H21ClN4O/c1-24(2)12-17-13-25(14-23-17)19-6-4-3-5-18(19)20(26)22-11-15-7-9-16(21)10-8-15/h3-10,13-14H,11-12H2,1-2H3,(H,22,26). The first-order chi connectivity index (χ1) is 12.5. The fourth-order valence-corrected chi connectivity index (χ4v) is 2.80. The molecule has 1 heterocycles. The van der Waals surface area contributed by atoms with Gasteiger partial charge in [0.2, 0.25) is 0 Å². The minimum atomic E-state index is -0.126. The monoisotopic (exact) mass is 368 g/mol. The summed E-state index contributed by atoms with van der Waals surface area (Å²) in [6, 6.07) is 14.9. The number of para-hydroxylation sites is 1. The molecule has 2 aromatic carbocycles. The van der Waals surface area contributed by atoms with Crippen molar-refractivity contribution in [2.45, 2.75) is 13.1 Å². The number of carbonyl (C=O) groups is 1. The van der Waals surface area contributed by atoms with Crippen molar-refractivity contribution in [1.29, 1.82) is 0 Å². The predicted molar refractivity (Wildman–Crippen MR) is 104 cm³/mol. The molecule has 0 unspecified atom stereocenters. The molecule has 5 nitrogen and oxygen atoms in total. The summed E-state index contributed by atoms with van der Waals surface area (Å²) in [6.07, 6.45) is 3.69. The van der Waals surface area contributed by atoms with Crippen LogP contribution in [-0.4, -0.2) is 34.5 Å². The van der Waals surface area contributed by atoms with Crippen LogP contribution < -0.4 is 5.32 Å². The van der Waals surface area contributed by atoms with Crippen molar-refractivity contribution in [3.05, 3.63) is 82.9 Å². The molecule has 0 radical (unpaired) electrons. The predicted octanol–water partition coefficient (Wildman–Crippen LogP) is 3.52. The maximum Gasteiger partial charge on any atom is 0.253 e. The Morgan fingerprint density at radius 1 is 1.15 bits per heavy atom. The summed E-state index contributed by atoms with van der Waals surface area (Å²) in [5.41, 5.74) is 3.36. The Bertz CT molecular complexity index is 887. The van der Waals surface area contributed by atoms with Gasteiger partial charge in [-0.2, -0.15) is 0 Å². The molecule has 6 heteroatoms. The second-order valence-corrected chi connectivity index (χ2v) is 6.77. The molecule has 0 aliphatic carbocycles. The van der Waals surface area contributed by atoms with Gasteiger partial charge < -0.3 is 14.8 Å². The Kier molecular flexibility index (Phi) is 5.71. The van der Waals surface area contributed by atoms with Gasteiger partial charge in [0.05, 0.1) is 23.3 Å². The van der Waals surface area contributed by atoms with E-state index >= 15 is 0 Å². The number of rotatable bonds is 6. The van der Waals surface area contributed by atoms with Gasteiger partial charge in [-0.15, -0.1) is 0 Å². The zero-order chi connectivity index (χ0) is 18.5. The molecule has 134 valence electrons. The second-order valence-electron chi connectivity index (χ2n) is 6.34. The van der Waals surface area contributed by atoms with E-state index in [4.69, 9.17) is 11.6 Å². The lowest BCUT2D eigenvalue weighted by molar-refractivity contribution is 0.0951. The van der Waals surface area contributed by atoms with Crippen molar-refractivity contribution < 1.29 is 4.79 Å². The Balaban J connectivity index is 1.76. The van der Waals surface area contributed by atoms with Crippen LogP contribution >= 0.6 is 11.6 Å². The number of halogens is 1. The highest BCUT2D eigenvalue weighted by molar-refractivity contribution is 6.30. The van der Waals surface area contributed by atoms with Gasteiger partial charge in [0.25, 0.3) is 5.91 Å². The molecular formula is C20H21ClN4O. The van der Waals surface area contributed by atoms with Gasteiger partial charge in [-0.25, -0.2) is 4.98 Å². The van der Waals surface area contributed by atoms with Crippen molar-refractivity contribution in [3.63, 3.8) is 0 Å². The van der Waals surface area contributed by atoms with Crippen LogP contribution in [0.1, 0.15) is 21.6 Å². The number of hydrogen-bond acceptors (Lipinski definition) is 3. The quantitative estimate of drug-likeness (QED) is 0.724. The van der Waals surface area contributed by atoms with E-state index in [1.54, 1.807) is 6.33 Å². The van der Waals surface area contributed by atoms with Gasteiger partial charge in [0.15, 0.2) is 0 Å². The summed E-state index contributed by atoms with van der Waals surface area (Å²) in [7, 11) is 3.99. The maximum atomic E-state index is 12.7. The van der Waals surface area contributed by atoms with Crippen LogP contribution in [-0.2, 0) is 13.1 Å². The summed E-state index contributed by atoms with van der Waals surface area (Å²) in [5.74, 6) is -0.126. The fourth-order valence-electron chi connectivity index (χ4n) is 2.67. The summed E-state index contributed by atoms with van der Waals surface area (Å²) >= 11 is 5.89. The molecule has 3 aromatic rings. The van der Waals surface area contributed by atoms with Crippen LogP contribution in [0, 0.1) is 0 Å². The number of benzene rings is 2. The lowest BCUT2D eigenvalue weighted by atomic mass is 10.1. The molecule has 0 saturated carbocycles. The van der Waals surface area contributed by atoms with E-state index in [2.05, 4.69) is 15.2 Å². The van der Waals surface area contributed by atoms with Crippen LogP contribution in [0.5, 0.6) is 0 Å². The number of nitrogens with zero attached hydrogens (tertiary/aromatic N) is 3. The van der Waals surface area contributed by atoms with Crippen molar-refractivity contribution in [2.24, 2.45) is 0 Å². The van der Waals surface area contributed by atoms with Gasteiger partial charge >= 0.3 is 0 Å². The molecule has 3 rings (SSSR count). The van der Waals surface area contributed by atoms with Crippen LogP contribution in [0.25, 0.3) is 5.69 Å². The molecule has 0 bridgehead atoms. The summed E-state index contributed by atoms with van der Waals surface area (Å²) in [5, 5.41) is 3.64. The number of hydrogen-bond donors (Lipinski definition) is 1. The van der Waals surface area contributed by atoms with Crippen molar-refractivity contribution >= 4 is 17.5 Å². The molecular weight excluding hydrogens is 348 g/mol. The first-order valence-electron chi connectivity index (χ1n) is 8.32. The fraction of sp³-hybridized carbons (Fsp3) is 0.200. The third kappa shape index (κ3) is 4.50. The Morgan fingerprint density at radius 3 is 2.62 bits per heavy atom. The van der Waals surface area contributed by atoms with E-state index in [1.165, 1.54) is 0 Å². The average Bonchev–Trinajstić information content (AvgIpc) is 3.08. The molecule has 0 fully saturated rings. The van der Waals surface area contributed by atoms with Gasteiger partial charge in [0, 0.05) is 24.3 Å². The third-order valence-electron chi connectivity index (χ3n) is 3.91. The summed E-state index contributed by atoms with van der Waals surface area (Å²) in [6.45, 7) is 1.19. The van der Waals surface area contributed by atoms with Gasteiger partial charge in [-0.3, -0.25) is 4.79 Å². The highest BCUT2D eigenvalue weighted by Crippen LogP contribution is 2.16. The van der Waals surface area contributed by atoms with E-state index in [9.17, 15) is 4.79 Å². The summed E-state index contributed by atoms with van der Waals surface area (Å²) < 4.78 is 1.88. The highest BCUT2D eigenvalue weighted by atomic mass is 35.5. The summed E-state index contributed by atoms with van der Waals surface area (Å²) in [4.78, 5) is 19.1. The zero-order valence-electron chi connectivity index (χ0n) is 14.8. The molecule has 1 aromatic heterocycles. The van der Waals surface area contributed by atoms with Gasteiger partial charge in [-0.1, -0.05) is 35.9 Å². The molecule has 0 atom stereocenters. The number of amides is 1. The average molecular weight is 369 g/mol. The maximum absolute atomic E-state index is 12.7. The van der Waals surface area contributed by atoms with Crippen molar-refractivity contribution in [1.82, 2.24) is 19.8 Å². The van der Waals surface area contributed by atoms with Crippen LogP contribution in [0.15, 0.2) is 61.1 Å².